The van der Waals surface area contributed by atoms with Crippen molar-refractivity contribution in [3.05, 3.63) is 23.9 Å². The third kappa shape index (κ3) is 3.21. The molecular weight excluding hydrogens is 248 g/mol. The van der Waals surface area contributed by atoms with Crippen molar-refractivity contribution >= 4 is 17.8 Å². The predicted molar refractivity (Wildman–Crippen MR) is 70.1 cm³/mol. The number of methoxy groups -OCH3 is 1. The van der Waals surface area contributed by atoms with E-state index in [1.54, 1.807) is 13.8 Å². The van der Waals surface area contributed by atoms with E-state index in [1.807, 2.05) is 0 Å². The first kappa shape index (κ1) is 14.9. The number of carbonyl (C=O) groups is 2. The average Bonchev–Trinajstić information content (AvgIpc) is 2.44. The van der Waals surface area contributed by atoms with Crippen LogP contribution in [0.2, 0.25) is 0 Å². The molecule has 0 spiro atoms. The van der Waals surface area contributed by atoms with Crippen molar-refractivity contribution in [2.45, 2.75) is 32.2 Å². The molecule has 0 fully saturated rings. The third-order valence-corrected chi connectivity index (χ3v) is 3.16. The topological polar surface area (TPSA) is 88.5 Å². The van der Waals surface area contributed by atoms with Gasteiger partial charge in [-0.2, -0.15) is 0 Å². The van der Waals surface area contributed by atoms with Crippen LogP contribution in [0.4, 0.5) is 5.82 Å². The van der Waals surface area contributed by atoms with Gasteiger partial charge in [-0.25, -0.2) is 14.6 Å². The van der Waals surface area contributed by atoms with Gasteiger partial charge in [0.05, 0.1) is 12.7 Å². The number of aromatic nitrogens is 1. The second kappa shape index (κ2) is 6.17. The van der Waals surface area contributed by atoms with Crippen molar-refractivity contribution in [1.29, 1.82) is 0 Å². The number of carboxylic acids is 1. The van der Waals surface area contributed by atoms with E-state index in [9.17, 15) is 14.7 Å². The lowest BCUT2D eigenvalue weighted by molar-refractivity contribution is -0.142. The lowest BCUT2D eigenvalue weighted by Crippen LogP contribution is -2.45. The number of hydrogen-bond acceptors (Lipinski definition) is 5. The van der Waals surface area contributed by atoms with Gasteiger partial charge in [-0.05, 0) is 25.0 Å². The van der Waals surface area contributed by atoms with E-state index in [0.717, 1.165) is 0 Å². The zero-order valence-corrected chi connectivity index (χ0v) is 11.3. The Kier molecular flexibility index (Phi) is 4.86. The van der Waals surface area contributed by atoms with Gasteiger partial charge in [0.2, 0.25) is 0 Å². The van der Waals surface area contributed by atoms with Crippen LogP contribution in [0.25, 0.3) is 0 Å². The molecule has 0 aromatic carbocycles. The van der Waals surface area contributed by atoms with Crippen LogP contribution in [0.1, 0.15) is 37.0 Å². The fourth-order valence-corrected chi connectivity index (χ4v) is 1.77. The van der Waals surface area contributed by atoms with Gasteiger partial charge < -0.3 is 15.2 Å². The second-order valence-corrected chi connectivity index (χ2v) is 4.14. The normalized spacial score (nSPS) is 10.9. The van der Waals surface area contributed by atoms with Crippen LogP contribution in [0, 0.1) is 0 Å². The van der Waals surface area contributed by atoms with Gasteiger partial charge in [0.25, 0.3) is 0 Å². The Balaban J connectivity index is 3.04. The number of carboxylic acid groups (broad SMARTS) is 1. The minimum absolute atomic E-state index is 0.325. The summed E-state index contributed by atoms with van der Waals surface area (Å²) in [5.74, 6) is -1.09. The maximum absolute atomic E-state index is 11.4. The number of nitrogens with one attached hydrogen (secondary N) is 1. The highest BCUT2D eigenvalue weighted by Crippen LogP contribution is 2.22. The molecule has 104 valence electrons. The first-order chi connectivity index (χ1) is 8.99. The summed E-state index contributed by atoms with van der Waals surface area (Å²) in [4.78, 5) is 26.8. The largest absolute Gasteiger partial charge is 0.480 e. The third-order valence-electron chi connectivity index (χ3n) is 3.16. The molecule has 0 saturated heterocycles. The Morgan fingerprint density at radius 1 is 1.42 bits per heavy atom. The fourth-order valence-electron chi connectivity index (χ4n) is 1.77. The lowest BCUT2D eigenvalue weighted by atomic mass is 9.93. The molecular formula is C13H18N2O4. The highest BCUT2D eigenvalue weighted by molar-refractivity contribution is 5.90. The van der Waals surface area contributed by atoms with Gasteiger partial charge in [-0.15, -0.1) is 0 Å². The predicted octanol–water partition coefficient (Wildman–Crippen LogP) is 1.92. The van der Waals surface area contributed by atoms with Gasteiger partial charge >= 0.3 is 11.9 Å². The Morgan fingerprint density at radius 3 is 2.53 bits per heavy atom. The van der Waals surface area contributed by atoms with E-state index in [2.05, 4.69) is 15.0 Å². The number of ether oxygens (including phenoxy) is 1. The highest BCUT2D eigenvalue weighted by atomic mass is 16.5. The monoisotopic (exact) mass is 266 g/mol. The molecule has 1 heterocycles. The zero-order valence-electron chi connectivity index (χ0n) is 11.3. The van der Waals surface area contributed by atoms with Crippen LogP contribution in [0.3, 0.4) is 0 Å². The molecule has 19 heavy (non-hydrogen) atoms. The second-order valence-electron chi connectivity index (χ2n) is 4.14. The molecule has 2 N–H and O–H groups in total. The molecule has 1 rings (SSSR count). The number of carbonyl (C=O) groups excluding carboxylic acids is 1. The van der Waals surface area contributed by atoms with Crippen LogP contribution in [0.5, 0.6) is 0 Å². The van der Waals surface area contributed by atoms with Crippen LogP contribution < -0.4 is 5.32 Å². The molecule has 0 radical (unpaired) electrons. The Bertz CT molecular complexity index is 469. The zero-order chi connectivity index (χ0) is 14.5. The number of hydrogen-bond donors (Lipinski definition) is 2. The number of aliphatic carboxylic acids is 1. The van der Waals surface area contributed by atoms with Crippen LogP contribution >= 0.6 is 0 Å². The quantitative estimate of drug-likeness (QED) is 0.765. The molecule has 0 saturated carbocycles. The van der Waals surface area contributed by atoms with Gasteiger partial charge in [0, 0.05) is 6.20 Å². The summed E-state index contributed by atoms with van der Waals surface area (Å²) < 4.78 is 4.61. The highest BCUT2D eigenvalue weighted by Gasteiger charge is 2.35. The molecule has 0 bridgehead atoms. The van der Waals surface area contributed by atoms with Gasteiger partial charge in [0.1, 0.15) is 11.4 Å². The fraction of sp³-hybridized carbons (Fsp3) is 0.462. The van der Waals surface area contributed by atoms with Crippen LogP contribution in [-0.4, -0.2) is 34.7 Å². The van der Waals surface area contributed by atoms with Crippen molar-refractivity contribution in [2.75, 3.05) is 12.4 Å². The molecule has 0 atom stereocenters. The van der Waals surface area contributed by atoms with E-state index >= 15 is 0 Å². The maximum Gasteiger partial charge on any atom is 0.338 e. The van der Waals surface area contributed by atoms with Crippen molar-refractivity contribution < 1.29 is 19.4 Å². The summed E-state index contributed by atoms with van der Waals surface area (Å²) in [6.45, 7) is 3.57. The summed E-state index contributed by atoms with van der Waals surface area (Å²) >= 11 is 0. The Hall–Kier alpha value is -2.11. The summed E-state index contributed by atoms with van der Waals surface area (Å²) in [6.07, 6.45) is 2.25. The molecule has 0 aliphatic heterocycles. The van der Waals surface area contributed by atoms with Gasteiger partial charge in [-0.3, -0.25) is 0 Å². The number of rotatable bonds is 6. The summed E-state index contributed by atoms with van der Waals surface area (Å²) in [7, 11) is 1.29. The van der Waals surface area contributed by atoms with E-state index in [-0.39, 0.29) is 0 Å². The van der Waals surface area contributed by atoms with Crippen molar-refractivity contribution in [3.63, 3.8) is 0 Å². The minimum atomic E-state index is -1.08. The average molecular weight is 266 g/mol. The minimum Gasteiger partial charge on any atom is -0.480 e. The summed E-state index contributed by atoms with van der Waals surface area (Å²) in [5, 5.41) is 12.2. The number of anilines is 1. The Morgan fingerprint density at radius 2 is 2.05 bits per heavy atom. The summed E-state index contributed by atoms with van der Waals surface area (Å²) in [5.41, 5.74) is -0.756. The van der Waals surface area contributed by atoms with Gasteiger partial charge in [0.15, 0.2) is 0 Å². The van der Waals surface area contributed by atoms with E-state index in [1.165, 1.54) is 25.4 Å². The molecule has 6 heteroatoms. The number of esters is 1. The molecule has 0 unspecified atom stereocenters. The molecule has 0 amide bonds. The Labute approximate surface area is 111 Å². The van der Waals surface area contributed by atoms with Crippen molar-refractivity contribution in [2.24, 2.45) is 0 Å². The standard InChI is InChI=1S/C13H18N2O4/c1-4-13(5-2,12(17)18)15-10-8-9(6-7-14-10)11(16)19-3/h6-8H,4-5H2,1-3H3,(H,14,15)(H,17,18). The first-order valence-electron chi connectivity index (χ1n) is 6.05. The number of pyridine rings is 1. The first-order valence-corrected chi connectivity index (χ1v) is 6.05. The van der Waals surface area contributed by atoms with E-state index < -0.39 is 17.5 Å². The molecule has 6 nitrogen and oxygen atoms in total. The smallest absolute Gasteiger partial charge is 0.338 e. The summed E-state index contributed by atoms with van der Waals surface area (Å²) in [6, 6.07) is 2.99. The van der Waals surface area contributed by atoms with E-state index in [4.69, 9.17) is 0 Å². The van der Waals surface area contributed by atoms with E-state index in [0.29, 0.717) is 24.2 Å². The molecule has 1 aromatic heterocycles. The van der Waals surface area contributed by atoms with Crippen molar-refractivity contribution in [3.8, 4) is 0 Å². The molecule has 0 aliphatic rings. The number of nitrogens with zero attached hydrogens (tertiary/aromatic N) is 1. The molecule has 0 aliphatic carbocycles. The maximum atomic E-state index is 11.4. The van der Waals surface area contributed by atoms with Gasteiger partial charge in [-0.1, -0.05) is 13.8 Å². The lowest BCUT2D eigenvalue weighted by Gasteiger charge is -2.28. The SMILES string of the molecule is CCC(CC)(Nc1cc(C(=O)OC)ccn1)C(=O)O. The molecule has 1 aromatic rings. The van der Waals surface area contributed by atoms with Crippen molar-refractivity contribution in [1.82, 2.24) is 4.98 Å². The van der Waals surface area contributed by atoms with Crippen LogP contribution in [0.15, 0.2) is 18.3 Å². The van der Waals surface area contributed by atoms with Crippen LogP contribution in [-0.2, 0) is 9.53 Å².